The molecule has 0 saturated carbocycles. The van der Waals surface area contributed by atoms with Crippen LogP contribution in [-0.4, -0.2) is 20.2 Å². The number of hydrogen-bond acceptors (Lipinski definition) is 5. The Morgan fingerprint density at radius 1 is 0.905 bits per heavy atom. The van der Waals surface area contributed by atoms with Crippen LogP contribution in [0.1, 0.15) is 11.4 Å². The molecule has 0 aliphatic heterocycles. The Morgan fingerprint density at radius 2 is 1.76 bits per heavy atom. The molecule has 21 heavy (non-hydrogen) atoms. The summed E-state index contributed by atoms with van der Waals surface area (Å²) in [5, 5.41) is 11.3. The molecule has 0 aliphatic rings. The summed E-state index contributed by atoms with van der Waals surface area (Å²) in [5.74, 6) is 0.501. The second-order valence-electron chi connectivity index (χ2n) is 4.75. The molecular formula is C16H15N5. The fourth-order valence-electron chi connectivity index (χ4n) is 1.95. The molecule has 2 aromatic heterocycles. The van der Waals surface area contributed by atoms with Gasteiger partial charge in [0.25, 0.3) is 0 Å². The highest BCUT2D eigenvalue weighted by Gasteiger charge is 2.03. The summed E-state index contributed by atoms with van der Waals surface area (Å²) >= 11 is 0. The van der Waals surface area contributed by atoms with Gasteiger partial charge in [0.2, 0.25) is 5.95 Å². The van der Waals surface area contributed by atoms with E-state index in [1.807, 2.05) is 56.4 Å². The van der Waals surface area contributed by atoms with Crippen LogP contribution in [0.15, 0.2) is 48.8 Å². The summed E-state index contributed by atoms with van der Waals surface area (Å²) in [6, 6.07) is 12.0. The molecule has 0 fully saturated rings. The molecule has 0 bridgehead atoms. The zero-order chi connectivity index (χ0) is 14.7. The minimum Gasteiger partial charge on any atom is -0.323 e. The number of pyridine rings is 1. The van der Waals surface area contributed by atoms with Crippen LogP contribution in [0.25, 0.3) is 11.1 Å². The monoisotopic (exact) mass is 277 g/mol. The van der Waals surface area contributed by atoms with E-state index in [2.05, 4.69) is 25.5 Å². The molecule has 1 aromatic carbocycles. The molecule has 5 nitrogen and oxygen atoms in total. The molecule has 104 valence electrons. The summed E-state index contributed by atoms with van der Waals surface area (Å²) < 4.78 is 0. The van der Waals surface area contributed by atoms with Crippen molar-refractivity contribution >= 4 is 11.6 Å². The van der Waals surface area contributed by atoms with Gasteiger partial charge in [-0.25, -0.2) is 4.98 Å². The van der Waals surface area contributed by atoms with Crippen molar-refractivity contribution in [3.63, 3.8) is 0 Å². The summed E-state index contributed by atoms with van der Waals surface area (Å²) in [5.41, 5.74) is 4.78. The Balaban J connectivity index is 1.88. The number of rotatable bonds is 3. The molecule has 0 spiro atoms. The predicted molar refractivity (Wildman–Crippen MR) is 82.3 cm³/mol. The molecule has 0 amide bonds. The average Bonchev–Trinajstić information content (AvgIpc) is 2.52. The van der Waals surface area contributed by atoms with Crippen LogP contribution in [0.3, 0.4) is 0 Å². The number of anilines is 2. The molecule has 0 aliphatic carbocycles. The SMILES string of the molecule is Cc1nnc(Nc2cccc(-c3cccnc3)c2)nc1C. The Morgan fingerprint density at radius 3 is 2.52 bits per heavy atom. The van der Waals surface area contributed by atoms with Gasteiger partial charge in [-0.05, 0) is 37.6 Å². The Bertz CT molecular complexity index is 756. The van der Waals surface area contributed by atoms with Crippen LogP contribution in [0.4, 0.5) is 11.6 Å². The topological polar surface area (TPSA) is 63.6 Å². The minimum atomic E-state index is 0.501. The standard InChI is InChI=1S/C16H15N5/c1-11-12(2)20-21-16(18-11)19-15-7-3-5-13(9-15)14-6-4-8-17-10-14/h3-10H,1-2H3,(H,18,19,21). The first kappa shape index (κ1) is 13.2. The van der Waals surface area contributed by atoms with Gasteiger partial charge in [-0.15, -0.1) is 5.10 Å². The number of nitrogens with one attached hydrogen (secondary N) is 1. The Kier molecular flexibility index (Phi) is 3.55. The lowest BCUT2D eigenvalue weighted by molar-refractivity contribution is 0.905. The lowest BCUT2D eigenvalue weighted by Crippen LogP contribution is -2.02. The first-order valence-electron chi connectivity index (χ1n) is 6.68. The van der Waals surface area contributed by atoms with E-state index in [9.17, 15) is 0 Å². The maximum atomic E-state index is 4.37. The summed E-state index contributed by atoms with van der Waals surface area (Å²) in [7, 11) is 0. The van der Waals surface area contributed by atoms with Gasteiger partial charge < -0.3 is 5.32 Å². The maximum Gasteiger partial charge on any atom is 0.247 e. The van der Waals surface area contributed by atoms with E-state index < -0.39 is 0 Å². The third-order valence-electron chi connectivity index (χ3n) is 3.21. The van der Waals surface area contributed by atoms with Crippen LogP contribution in [0.5, 0.6) is 0 Å². The zero-order valence-corrected chi connectivity index (χ0v) is 11.9. The quantitative estimate of drug-likeness (QED) is 0.795. The van der Waals surface area contributed by atoms with Crippen molar-refractivity contribution in [2.75, 3.05) is 5.32 Å². The van der Waals surface area contributed by atoms with Crippen LogP contribution in [-0.2, 0) is 0 Å². The first-order chi connectivity index (χ1) is 10.2. The second-order valence-corrected chi connectivity index (χ2v) is 4.75. The first-order valence-corrected chi connectivity index (χ1v) is 6.68. The third kappa shape index (κ3) is 3.02. The number of nitrogens with zero attached hydrogens (tertiary/aromatic N) is 4. The van der Waals surface area contributed by atoms with Gasteiger partial charge >= 0.3 is 0 Å². The van der Waals surface area contributed by atoms with E-state index in [1.165, 1.54) is 0 Å². The largest absolute Gasteiger partial charge is 0.323 e. The molecule has 0 radical (unpaired) electrons. The molecule has 0 atom stereocenters. The van der Waals surface area contributed by atoms with E-state index in [1.54, 1.807) is 6.20 Å². The van der Waals surface area contributed by atoms with Crippen LogP contribution >= 0.6 is 0 Å². The van der Waals surface area contributed by atoms with Crippen molar-refractivity contribution in [3.8, 4) is 11.1 Å². The third-order valence-corrected chi connectivity index (χ3v) is 3.21. The van der Waals surface area contributed by atoms with Gasteiger partial charge in [-0.1, -0.05) is 18.2 Å². The molecule has 0 unspecified atom stereocenters. The maximum absolute atomic E-state index is 4.37. The zero-order valence-electron chi connectivity index (χ0n) is 11.9. The van der Waals surface area contributed by atoms with Crippen molar-refractivity contribution in [1.82, 2.24) is 20.2 Å². The number of hydrogen-bond donors (Lipinski definition) is 1. The molecular weight excluding hydrogens is 262 g/mol. The normalized spacial score (nSPS) is 10.4. The fourth-order valence-corrected chi connectivity index (χ4v) is 1.95. The molecule has 2 heterocycles. The van der Waals surface area contributed by atoms with E-state index in [0.717, 1.165) is 28.2 Å². The number of benzene rings is 1. The van der Waals surface area contributed by atoms with Crippen molar-refractivity contribution in [1.29, 1.82) is 0 Å². The van der Waals surface area contributed by atoms with Gasteiger partial charge in [0, 0.05) is 23.6 Å². The van der Waals surface area contributed by atoms with Crippen LogP contribution in [0.2, 0.25) is 0 Å². The molecule has 1 N–H and O–H groups in total. The van der Waals surface area contributed by atoms with Gasteiger partial charge in [-0.3, -0.25) is 4.98 Å². The summed E-state index contributed by atoms with van der Waals surface area (Å²) in [6.45, 7) is 3.81. The van der Waals surface area contributed by atoms with E-state index in [4.69, 9.17) is 0 Å². The molecule has 3 rings (SSSR count). The smallest absolute Gasteiger partial charge is 0.247 e. The fraction of sp³-hybridized carbons (Fsp3) is 0.125. The predicted octanol–water partition coefficient (Wildman–Crippen LogP) is 3.29. The summed E-state index contributed by atoms with van der Waals surface area (Å²) in [6.07, 6.45) is 3.60. The van der Waals surface area contributed by atoms with Crippen molar-refractivity contribution in [2.45, 2.75) is 13.8 Å². The average molecular weight is 277 g/mol. The number of aromatic nitrogens is 4. The highest BCUT2D eigenvalue weighted by atomic mass is 15.2. The van der Waals surface area contributed by atoms with Crippen molar-refractivity contribution < 1.29 is 0 Å². The van der Waals surface area contributed by atoms with E-state index >= 15 is 0 Å². The van der Waals surface area contributed by atoms with E-state index in [0.29, 0.717) is 5.95 Å². The molecule has 0 saturated heterocycles. The highest BCUT2D eigenvalue weighted by Crippen LogP contribution is 2.23. The lowest BCUT2D eigenvalue weighted by atomic mass is 10.1. The molecule has 5 heteroatoms. The van der Waals surface area contributed by atoms with Crippen LogP contribution in [0, 0.1) is 13.8 Å². The van der Waals surface area contributed by atoms with Crippen molar-refractivity contribution in [2.24, 2.45) is 0 Å². The van der Waals surface area contributed by atoms with Gasteiger partial charge in [0.1, 0.15) is 0 Å². The minimum absolute atomic E-state index is 0.501. The summed E-state index contributed by atoms with van der Waals surface area (Å²) in [4.78, 5) is 8.51. The van der Waals surface area contributed by atoms with Gasteiger partial charge in [0.15, 0.2) is 0 Å². The van der Waals surface area contributed by atoms with Crippen molar-refractivity contribution in [3.05, 3.63) is 60.2 Å². The number of aryl methyl sites for hydroxylation is 2. The Labute approximate surface area is 123 Å². The van der Waals surface area contributed by atoms with E-state index in [-0.39, 0.29) is 0 Å². The molecule has 3 aromatic rings. The Hall–Kier alpha value is -2.82. The van der Waals surface area contributed by atoms with Gasteiger partial charge in [-0.2, -0.15) is 5.10 Å². The second kappa shape index (κ2) is 5.66. The van der Waals surface area contributed by atoms with Crippen LogP contribution < -0.4 is 5.32 Å². The lowest BCUT2D eigenvalue weighted by Gasteiger charge is -2.07. The highest BCUT2D eigenvalue weighted by molar-refractivity contribution is 5.68. The van der Waals surface area contributed by atoms with Gasteiger partial charge in [0.05, 0.1) is 11.4 Å².